The molecule has 1 aliphatic heterocycles. The van der Waals surface area contributed by atoms with Crippen molar-refractivity contribution in [3.05, 3.63) is 76.6 Å². The molecule has 1 saturated heterocycles. The summed E-state index contributed by atoms with van der Waals surface area (Å²) >= 11 is 0. The maximum absolute atomic E-state index is 13.2. The van der Waals surface area contributed by atoms with Crippen molar-refractivity contribution in [2.24, 2.45) is 5.92 Å². The minimum absolute atomic E-state index is 0.0772. The van der Waals surface area contributed by atoms with E-state index in [9.17, 15) is 19.6 Å². The molecule has 0 radical (unpaired) electrons. The Morgan fingerprint density at radius 3 is 2.02 bits per heavy atom. The van der Waals surface area contributed by atoms with Gasteiger partial charge in [-0.15, -0.1) is 10.2 Å². The van der Waals surface area contributed by atoms with Crippen molar-refractivity contribution in [2.75, 3.05) is 34.7 Å². The first-order chi connectivity index (χ1) is 20.6. The molecule has 12 nitrogen and oxygen atoms in total. The Bertz CT molecular complexity index is 1450. The number of nitriles is 1. The lowest BCUT2D eigenvalue weighted by Gasteiger charge is -2.35. The number of nitrogens with zero attached hydrogens (tertiary/aromatic N) is 7. The van der Waals surface area contributed by atoms with E-state index in [4.69, 9.17) is 0 Å². The summed E-state index contributed by atoms with van der Waals surface area (Å²) in [5.41, 5.74) is 1.76. The smallest absolute Gasteiger partial charge is 0.253 e. The van der Waals surface area contributed by atoms with Crippen LogP contribution in [0.15, 0.2) is 48.5 Å². The minimum Gasteiger partial charge on any atom is -0.345 e. The first-order valence-electron chi connectivity index (χ1n) is 14.4. The van der Waals surface area contributed by atoms with Crippen molar-refractivity contribution in [1.82, 2.24) is 40.6 Å². The molecular formula is C31H37N9O3. The number of nitrogens with one attached hydrogen (secondary N) is 2. The van der Waals surface area contributed by atoms with E-state index in [2.05, 4.69) is 32.0 Å². The highest BCUT2D eigenvalue weighted by Gasteiger charge is 2.54. The zero-order chi connectivity index (χ0) is 30.9. The first kappa shape index (κ1) is 29.8. The van der Waals surface area contributed by atoms with E-state index in [1.807, 2.05) is 31.2 Å². The third-order valence-corrected chi connectivity index (χ3v) is 8.54. The van der Waals surface area contributed by atoms with E-state index in [0.29, 0.717) is 29.3 Å². The van der Waals surface area contributed by atoms with Crippen molar-refractivity contribution in [3.8, 4) is 6.07 Å². The number of aromatic amines is 1. The van der Waals surface area contributed by atoms with Crippen molar-refractivity contribution in [3.63, 3.8) is 0 Å². The van der Waals surface area contributed by atoms with Crippen LogP contribution in [0.3, 0.4) is 0 Å². The minimum atomic E-state index is -0.952. The predicted octanol–water partition coefficient (Wildman–Crippen LogP) is 1.82. The Labute approximate surface area is 251 Å². The number of hydrogen-bond donors (Lipinski definition) is 2. The van der Waals surface area contributed by atoms with Gasteiger partial charge in [0.15, 0.2) is 5.82 Å². The van der Waals surface area contributed by atoms with Gasteiger partial charge in [-0.05, 0) is 67.5 Å². The second-order valence-corrected chi connectivity index (χ2v) is 11.9. The molecule has 1 saturated carbocycles. The zero-order valence-corrected chi connectivity index (χ0v) is 25.1. The summed E-state index contributed by atoms with van der Waals surface area (Å²) in [6, 6.07) is 16.5. The summed E-state index contributed by atoms with van der Waals surface area (Å²) in [5.74, 6) is 0.545. The summed E-state index contributed by atoms with van der Waals surface area (Å²) in [5, 5.41) is 28.2. The molecule has 0 bridgehead atoms. The van der Waals surface area contributed by atoms with Gasteiger partial charge in [0, 0.05) is 51.4 Å². The van der Waals surface area contributed by atoms with E-state index >= 15 is 0 Å². The summed E-state index contributed by atoms with van der Waals surface area (Å²) < 4.78 is 0. The normalized spacial score (nSPS) is 19.7. The molecule has 5 rings (SSSR count). The number of carbonyl (C=O) groups is 3. The van der Waals surface area contributed by atoms with E-state index < -0.39 is 5.41 Å². The van der Waals surface area contributed by atoms with Gasteiger partial charge in [-0.3, -0.25) is 14.4 Å². The van der Waals surface area contributed by atoms with E-state index in [0.717, 1.165) is 24.0 Å². The molecule has 2 heterocycles. The quantitative estimate of drug-likeness (QED) is 0.367. The van der Waals surface area contributed by atoms with Crippen LogP contribution in [-0.4, -0.2) is 106 Å². The van der Waals surface area contributed by atoms with Gasteiger partial charge in [0.2, 0.25) is 5.91 Å². The number of benzene rings is 2. The Kier molecular flexibility index (Phi) is 8.28. The van der Waals surface area contributed by atoms with Crippen LogP contribution in [0, 0.1) is 17.2 Å². The summed E-state index contributed by atoms with van der Waals surface area (Å²) in [4.78, 5) is 43.3. The molecule has 0 spiro atoms. The number of likely N-dealkylation sites (tertiary alicyclic amines) is 1. The third-order valence-electron chi connectivity index (χ3n) is 8.54. The van der Waals surface area contributed by atoms with Gasteiger partial charge < -0.3 is 20.0 Å². The maximum Gasteiger partial charge on any atom is 0.253 e. The third kappa shape index (κ3) is 5.72. The van der Waals surface area contributed by atoms with Crippen molar-refractivity contribution in [1.29, 1.82) is 5.26 Å². The van der Waals surface area contributed by atoms with Crippen LogP contribution in [0.1, 0.15) is 63.9 Å². The number of hydrogen-bond acceptors (Lipinski definition) is 8. The molecule has 2 N–H and O–H groups in total. The molecule has 2 aromatic carbocycles. The Morgan fingerprint density at radius 1 is 1.00 bits per heavy atom. The average Bonchev–Trinajstić information content (AvgIpc) is 3.38. The van der Waals surface area contributed by atoms with Gasteiger partial charge in [-0.1, -0.05) is 29.5 Å². The number of piperidine rings is 1. The second-order valence-electron chi connectivity index (χ2n) is 11.9. The molecule has 3 aromatic rings. The molecule has 12 heteroatoms. The van der Waals surface area contributed by atoms with Crippen LogP contribution in [0.5, 0.6) is 0 Å². The largest absolute Gasteiger partial charge is 0.345 e. The molecule has 224 valence electrons. The lowest BCUT2D eigenvalue weighted by atomic mass is 9.69. The molecule has 1 aromatic heterocycles. The molecule has 4 atom stereocenters. The Morgan fingerprint density at radius 2 is 1.56 bits per heavy atom. The number of amides is 3. The topological polar surface area (TPSA) is 151 Å². The van der Waals surface area contributed by atoms with Crippen molar-refractivity contribution in [2.45, 2.75) is 49.7 Å². The van der Waals surface area contributed by atoms with Crippen LogP contribution in [0.4, 0.5) is 0 Å². The van der Waals surface area contributed by atoms with Gasteiger partial charge in [0.25, 0.3) is 11.8 Å². The number of rotatable bonds is 10. The maximum atomic E-state index is 13.2. The molecule has 3 amide bonds. The van der Waals surface area contributed by atoms with Crippen molar-refractivity contribution < 1.29 is 14.4 Å². The number of carbonyl (C=O) groups excluding carboxylic acids is 3. The zero-order valence-electron chi connectivity index (χ0n) is 25.1. The second kappa shape index (κ2) is 11.9. The number of fused-ring (bicyclic) bond motifs is 1. The summed E-state index contributed by atoms with van der Waals surface area (Å²) in [6.07, 6.45) is 2.15. The average molecular weight is 584 g/mol. The van der Waals surface area contributed by atoms with Crippen molar-refractivity contribution >= 4 is 17.7 Å². The standard InChI is InChI=1S/C31H37N9O3/c1-19(33-18-27(41)40-25(17-32)14-22-15-26(22)40)16-31(30-34-36-37-35-30,23-10-6-20(7-11-23)28(42)38(2)3)24-12-8-21(9-13-24)29(43)39(4)5/h6-13,19,22,25-26,33H,14-16,18H2,1-5H3,(H,34,35,36,37)/t19-,22+,25?,26-/m0/s1. The van der Waals surface area contributed by atoms with Gasteiger partial charge in [-0.2, -0.15) is 10.5 Å². The molecule has 1 unspecified atom stereocenters. The fraction of sp³-hybridized carbons (Fsp3) is 0.452. The SMILES string of the molecule is C[C@@H](CC(c1ccc(C(=O)N(C)C)cc1)(c1ccc(C(=O)N(C)C)cc1)c1nn[nH]n1)NCC(=O)N1C(C#N)C[C@@H]2C[C@@H]21. The Balaban J connectivity index is 1.50. The number of H-pyrrole nitrogens is 1. The molecular weight excluding hydrogens is 546 g/mol. The van der Waals surface area contributed by atoms with Gasteiger partial charge in [0.05, 0.1) is 18.0 Å². The van der Waals surface area contributed by atoms with E-state index in [1.54, 1.807) is 57.4 Å². The number of tetrazole rings is 1. The van der Waals surface area contributed by atoms with E-state index in [1.165, 1.54) is 9.80 Å². The molecule has 1 aliphatic carbocycles. The monoisotopic (exact) mass is 583 g/mol. The summed E-state index contributed by atoms with van der Waals surface area (Å²) in [7, 11) is 6.82. The molecule has 43 heavy (non-hydrogen) atoms. The highest BCUT2D eigenvalue weighted by molar-refractivity contribution is 5.94. The van der Waals surface area contributed by atoms with Crippen LogP contribution < -0.4 is 5.32 Å². The molecule has 2 fully saturated rings. The molecule has 2 aliphatic rings. The van der Waals surface area contributed by atoms with Crippen LogP contribution >= 0.6 is 0 Å². The van der Waals surface area contributed by atoms with Crippen LogP contribution in [0.25, 0.3) is 0 Å². The van der Waals surface area contributed by atoms with Crippen LogP contribution in [-0.2, 0) is 10.2 Å². The number of aromatic nitrogens is 4. The summed E-state index contributed by atoms with van der Waals surface area (Å²) in [6.45, 7) is 2.08. The lowest BCUT2D eigenvalue weighted by Crippen LogP contribution is -2.46. The highest BCUT2D eigenvalue weighted by Crippen LogP contribution is 2.47. The highest BCUT2D eigenvalue weighted by atomic mass is 16.2. The first-order valence-corrected chi connectivity index (χ1v) is 14.4. The van der Waals surface area contributed by atoms with Gasteiger partial charge >= 0.3 is 0 Å². The fourth-order valence-electron chi connectivity index (χ4n) is 6.22. The van der Waals surface area contributed by atoms with Gasteiger partial charge in [-0.25, -0.2) is 0 Å². The Hall–Kier alpha value is -4.63. The van der Waals surface area contributed by atoms with Crippen LogP contribution in [0.2, 0.25) is 0 Å². The van der Waals surface area contributed by atoms with E-state index in [-0.39, 0.29) is 42.4 Å². The predicted molar refractivity (Wildman–Crippen MR) is 158 cm³/mol. The van der Waals surface area contributed by atoms with Gasteiger partial charge in [0.1, 0.15) is 6.04 Å². The fourth-order valence-corrected chi connectivity index (χ4v) is 6.22. The lowest BCUT2D eigenvalue weighted by molar-refractivity contribution is -0.131.